The summed E-state index contributed by atoms with van der Waals surface area (Å²) >= 11 is 0. The fourth-order valence-corrected chi connectivity index (χ4v) is 7.84. The predicted molar refractivity (Wildman–Crippen MR) is 126 cm³/mol. The van der Waals surface area contributed by atoms with Crippen LogP contribution in [0.1, 0.15) is 13.8 Å². The third-order valence-electron chi connectivity index (χ3n) is 4.82. The minimum atomic E-state index is -2.74. The normalized spacial score (nSPS) is 11.6. The minimum absolute atomic E-state index is 0.206. The Kier molecular flexibility index (Phi) is 7.75. The highest BCUT2D eigenvalue weighted by Crippen LogP contribution is 2.62. The van der Waals surface area contributed by atoms with Crippen molar-refractivity contribution >= 4 is 35.1 Å². The molecule has 0 amide bonds. The molecule has 0 saturated heterocycles. The third-order valence-corrected chi connectivity index (χ3v) is 9.07. The van der Waals surface area contributed by atoms with Gasteiger partial charge in [-0.15, -0.1) is 0 Å². The van der Waals surface area contributed by atoms with E-state index in [1.807, 2.05) is 91.0 Å². The van der Waals surface area contributed by atoms with Gasteiger partial charge < -0.3 is 9.47 Å². The van der Waals surface area contributed by atoms with Crippen molar-refractivity contribution in [2.75, 3.05) is 13.2 Å². The number of carbonyl (C=O) groups is 2. The average Bonchev–Trinajstić information content (AvgIpc) is 2.81. The summed E-state index contributed by atoms with van der Waals surface area (Å²) in [5.74, 6) is -1.07. The zero-order valence-electron chi connectivity index (χ0n) is 17.7. The lowest BCUT2D eigenvalue weighted by Gasteiger charge is -2.28. The second kappa shape index (κ2) is 10.7. The van der Waals surface area contributed by atoms with Gasteiger partial charge >= 0.3 is 11.9 Å². The predicted octanol–water partition coefficient (Wildman–Crippen LogP) is 3.99. The highest BCUT2D eigenvalue weighted by Gasteiger charge is 2.53. The van der Waals surface area contributed by atoms with Crippen LogP contribution in [0.5, 0.6) is 0 Å². The highest BCUT2D eigenvalue weighted by atomic mass is 31.2. The van der Waals surface area contributed by atoms with Crippen molar-refractivity contribution in [3.63, 3.8) is 0 Å². The average molecular weight is 433 g/mol. The minimum Gasteiger partial charge on any atom is -0.463 e. The van der Waals surface area contributed by atoms with Gasteiger partial charge in [-0.05, 0) is 50.2 Å². The van der Waals surface area contributed by atoms with Crippen LogP contribution < -0.4 is 15.9 Å². The molecule has 0 aliphatic rings. The molecule has 31 heavy (non-hydrogen) atoms. The maximum Gasteiger partial charge on any atom is 0.375 e. The van der Waals surface area contributed by atoms with Gasteiger partial charge in [-0.3, -0.25) is 0 Å². The van der Waals surface area contributed by atoms with Crippen LogP contribution in [-0.2, 0) is 19.1 Å². The Morgan fingerprint density at radius 1 is 0.677 bits per heavy atom. The molecule has 0 aromatic heterocycles. The highest BCUT2D eigenvalue weighted by molar-refractivity contribution is 7.99. The standard InChI is InChI=1S/C26H26O4P/c1-3-29-25(27)20-24(26(28)30-4-2)31(21-14-8-5-9-15-21,22-16-10-6-11-17-22)23-18-12-7-13-19-23/h5-20H,3-4H2,1-2H3/q+1. The molecule has 5 heteroatoms. The van der Waals surface area contributed by atoms with E-state index < -0.39 is 19.2 Å². The summed E-state index contributed by atoms with van der Waals surface area (Å²) in [6.45, 7) is 3.92. The van der Waals surface area contributed by atoms with E-state index >= 15 is 0 Å². The van der Waals surface area contributed by atoms with Gasteiger partial charge in [0, 0.05) is 0 Å². The van der Waals surface area contributed by atoms with Crippen LogP contribution in [0.3, 0.4) is 0 Å². The summed E-state index contributed by atoms with van der Waals surface area (Å²) in [7, 11) is -2.74. The van der Waals surface area contributed by atoms with Gasteiger partial charge in [0.15, 0.2) is 7.26 Å². The van der Waals surface area contributed by atoms with E-state index in [1.54, 1.807) is 13.8 Å². The lowest BCUT2D eigenvalue weighted by molar-refractivity contribution is -0.140. The third kappa shape index (κ3) is 4.76. The molecule has 4 nitrogen and oxygen atoms in total. The maximum absolute atomic E-state index is 13.4. The molecule has 0 N–H and O–H groups in total. The van der Waals surface area contributed by atoms with Crippen molar-refractivity contribution < 1.29 is 19.1 Å². The van der Waals surface area contributed by atoms with Crippen molar-refractivity contribution in [3.8, 4) is 0 Å². The second-order valence-electron chi connectivity index (χ2n) is 6.68. The Hall–Kier alpha value is -3.23. The summed E-state index contributed by atoms with van der Waals surface area (Å²) in [5.41, 5.74) is 0. The van der Waals surface area contributed by atoms with Crippen molar-refractivity contribution in [2.24, 2.45) is 0 Å². The van der Waals surface area contributed by atoms with Crippen molar-refractivity contribution in [1.82, 2.24) is 0 Å². The van der Waals surface area contributed by atoms with Crippen molar-refractivity contribution in [2.45, 2.75) is 13.8 Å². The number of esters is 2. The molecule has 0 bridgehead atoms. The number of hydrogen-bond acceptors (Lipinski definition) is 4. The van der Waals surface area contributed by atoms with Crippen LogP contribution in [0.2, 0.25) is 0 Å². The molecule has 0 radical (unpaired) electrons. The van der Waals surface area contributed by atoms with Gasteiger partial charge in [0.05, 0.1) is 19.3 Å². The largest absolute Gasteiger partial charge is 0.463 e. The lowest BCUT2D eigenvalue weighted by atomic mass is 10.3. The molecule has 0 unspecified atom stereocenters. The van der Waals surface area contributed by atoms with E-state index in [0.29, 0.717) is 5.31 Å². The summed E-state index contributed by atoms with van der Waals surface area (Å²) in [5, 5.41) is 3.18. The van der Waals surface area contributed by atoms with E-state index in [9.17, 15) is 9.59 Å². The van der Waals surface area contributed by atoms with Gasteiger partial charge in [-0.2, -0.15) is 0 Å². The quantitative estimate of drug-likeness (QED) is 0.306. The zero-order valence-corrected chi connectivity index (χ0v) is 18.6. The van der Waals surface area contributed by atoms with E-state index in [2.05, 4.69) is 0 Å². The summed E-state index contributed by atoms with van der Waals surface area (Å²) in [6.07, 6.45) is 1.32. The van der Waals surface area contributed by atoms with Crippen molar-refractivity contribution in [1.29, 1.82) is 0 Å². The smallest absolute Gasteiger partial charge is 0.375 e. The molecular weight excluding hydrogens is 407 g/mol. The van der Waals surface area contributed by atoms with E-state index in [-0.39, 0.29) is 13.2 Å². The molecule has 3 aromatic rings. The first-order chi connectivity index (χ1) is 15.1. The lowest BCUT2D eigenvalue weighted by Crippen LogP contribution is -2.35. The first-order valence-electron chi connectivity index (χ1n) is 10.3. The van der Waals surface area contributed by atoms with Crippen LogP contribution >= 0.6 is 7.26 Å². The Morgan fingerprint density at radius 2 is 1.06 bits per heavy atom. The molecule has 0 spiro atoms. The number of hydrogen-bond donors (Lipinski definition) is 0. The molecule has 0 aliphatic carbocycles. The van der Waals surface area contributed by atoms with E-state index in [1.165, 1.54) is 6.08 Å². The molecule has 158 valence electrons. The monoisotopic (exact) mass is 433 g/mol. The Labute approximate surface area is 183 Å². The number of rotatable bonds is 8. The topological polar surface area (TPSA) is 52.6 Å². The number of carbonyl (C=O) groups excluding carboxylic acids is 2. The van der Waals surface area contributed by atoms with E-state index in [4.69, 9.17) is 9.47 Å². The van der Waals surface area contributed by atoms with Gasteiger partial charge in [-0.1, -0.05) is 54.6 Å². The number of benzene rings is 3. The molecular formula is C26H26O4P+. The van der Waals surface area contributed by atoms with Gasteiger partial charge in [0.25, 0.3) is 0 Å². The van der Waals surface area contributed by atoms with E-state index in [0.717, 1.165) is 15.9 Å². The van der Waals surface area contributed by atoms with Crippen molar-refractivity contribution in [3.05, 3.63) is 102 Å². The Bertz CT molecular complexity index is 934. The van der Waals surface area contributed by atoms with Crippen LogP contribution in [0.4, 0.5) is 0 Å². The molecule has 0 fully saturated rings. The number of ether oxygens (including phenoxy) is 2. The SMILES string of the molecule is CCOC(=O)C=C(C(=O)OCC)[P+](c1ccccc1)(c1ccccc1)c1ccccc1. The Morgan fingerprint density at radius 3 is 1.42 bits per heavy atom. The summed E-state index contributed by atoms with van der Waals surface area (Å²) in [4.78, 5) is 26.0. The second-order valence-corrected chi connectivity index (χ2v) is 10.1. The summed E-state index contributed by atoms with van der Waals surface area (Å²) < 4.78 is 10.7. The van der Waals surface area contributed by atoms with Gasteiger partial charge in [0.2, 0.25) is 5.31 Å². The molecule has 0 aliphatic heterocycles. The zero-order chi connectivity index (χ0) is 22.1. The fourth-order valence-electron chi connectivity index (χ4n) is 3.61. The Balaban J connectivity index is 2.45. The van der Waals surface area contributed by atoms with Crippen LogP contribution in [0.25, 0.3) is 0 Å². The first-order valence-corrected chi connectivity index (χ1v) is 12.1. The van der Waals surface area contributed by atoms with Crippen LogP contribution in [0, 0.1) is 0 Å². The van der Waals surface area contributed by atoms with Gasteiger partial charge in [0.1, 0.15) is 15.9 Å². The maximum atomic E-state index is 13.4. The molecule has 0 saturated carbocycles. The molecule has 0 atom stereocenters. The first kappa shape index (κ1) is 22.5. The van der Waals surface area contributed by atoms with Crippen LogP contribution in [0.15, 0.2) is 102 Å². The summed E-state index contributed by atoms with van der Waals surface area (Å²) in [6, 6.07) is 29.5. The molecule has 3 rings (SSSR count). The fraction of sp³-hybridized carbons (Fsp3) is 0.154. The van der Waals surface area contributed by atoms with Gasteiger partial charge in [-0.25, -0.2) is 9.59 Å². The van der Waals surface area contributed by atoms with Crippen LogP contribution in [-0.4, -0.2) is 25.2 Å². The molecule has 0 heterocycles. The molecule has 3 aromatic carbocycles.